The molecule has 0 radical (unpaired) electrons. The lowest BCUT2D eigenvalue weighted by molar-refractivity contribution is 0.228. The third-order valence-electron chi connectivity index (χ3n) is 5.73. The second kappa shape index (κ2) is 10.5. The summed E-state index contributed by atoms with van der Waals surface area (Å²) < 4.78 is 14.7. The number of hydrogen-bond acceptors (Lipinski definition) is 5. The molecule has 0 N–H and O–H groups in total. The number of aromatic nitrogens is 2. The van der Waals surface area contributed by atoms with E-state index in [1.807, 2.05) is 44.2 Å². The molecule has 33 heavy (non-hydrogen) atoms. The highest BCUT2D eigenvalue weighted by atomic mass is 127. The van der Waals surface area contributed by atoms with Crippen molar-refractivity contribution in [1.29, 1.82) is 0 Å². The van der Waals surface area contributed by atoms with E-state index in [9.17, 15) is 4.79 Å². The predicted octanol–water partition coefficient (Wildman–Crippen LogP) is 6.49. The number of methoxy groups -OCH3 is 1. The van der Waals surface area contributed by atoms with Crippen LogP contribution in [0.4, 0.5) is 0 Å². The van der Waals surface area contributed by atoms with E-state index in [2.05, 4.69) is 43.6 Å². The molecule has 0 amide bonds. The van der Waals surface area contributed by atoms with Crippen LogP contribution in [0.3, 0.4) is 0 Å². The fraction of sp³-hybridized carbons (Fsp3) is 0.400. The van der Waals surface area contributed by atoms with Gasteiger partial charge in [-0.3, -0.25) is 4.79 Å². The van der Waals surface area contributed by atoms with Crippen molar-refractivity contribution in [1.82, 2.24) is 9.66 Å². The highest BCUT2D eigenvalue weighted by molar-refractivity contribution is 14.1. The number of fused-ring (bicyclic) bond motifs is 1. The fourth-order valence-electron chi connectivity index (χ4n) is 4.19. The standard InChI is InChI=1S/C25H27BrIN3O3/c1-15(2)33-23-20(27)11-16(12-22(23)32-3)14-28-30-24(17-7-5-4-6-8-17)29-21-10-9-18(26)13-19(21)25(30)31/h9-15,17H,4-8H2,1-3H3. The summed E-state index contributed by atoms with van der Waals surface area (Å²) in [6.07, 6.45) is 7.31. The van der Waals surface area contributed by atoms with E-state index in [0.717, 1.165) is 45.1 Å². The Bertz CT molecular complexity index is 1250. The smallest absolute Gasteiger partial charge is 0.282 e. The Morgan fingerprint density at radius 2 is 1.97 bits per heavy atom. The van der Waals surface area contributed by atoms with Crippen LogP contribution in [0, 0.1) is 3.57 Å². The average Bonchev–Trinajstić information content (AvgIpc) is 2.80. The maximum Gasteiger partial charge on any atom is 0.282 e. The fourth-order valence-corrected chi connectivity index (χ4v) is 5.30. The molecule has 4 rings (SSSR count). The minimum atomic E-state index is -0.153. The average molecular weight is 624 g/mol. The van der Waals surface area contributed by atoms with Crippen LogP contribution in [-0.4, -0.2) is 29.1 Å². The lowest BCUT2D eigenvalue weighted by Gasteiger charge is -2.22. The molecule has 0 saturated heterocycles. The molecule has 0 spiro atoms. The quantitative estimate of drug-likeness (QED) is 0.233. The minimum Gasteiger partial charge on any atom is -0.493 e. The van der Waals surface area contributed by atoms with Crippen molar-refractivity contribution in [3.05, 3.63) is 60.1 Å². The van der Waals surface area contributed by atoms with E-state index in [1.54, 1.807) is 13.3 Å². The van der Waals surface area contributed by atoms with Gasteiger partial charge in [-0.1, -0.05) is 35.2 Å². The Morgan fingerprint density at radius 3 is 2.67 bits per heavy atom. The topological polar surface area (TPSA) is 65.7 Å². The molecule has 2 aromatic carbocycles. The Hall–Kier alpha value is -1.94. The molecule has 1 aliphatic rings. The van der Waals surface area contributed by atoms with Crippen molar-refractivity contribution in [2.45, 2.75) is 58.0 Å². The van der Waals surface area contributed by atoms with E-state index >= 15 is 0 Å². The molecule has 1 saturated carbocycles. The molecule has 174 valence electrons. The van der Waals surface area contributed by atoms with Gasteiger partial charge in [0.2, 0.25) is 0 Å². The van der Waals surface area contributed by atoms with Gasteiger partial charge in [-0.25, -0.2) is 4.98 Å². The summed E-state index contributed by atoms with van der Waals surface area (Å²) in [4.78, 5) is 18.4. The van der Waals surface area contributed by atoms with Gasteiger partial charge in [0, 0.05) is 10.4 Å². The largest absolute Gasteiger partial charge is 0.493 e. The maximum absolute atomic E-state index is 13.5. The van der Waals surface area contributed by atoms with E-state index in [-0.39, 0.29) is 17.6 Å². The van der Waals surface area contributed by atoms with Gasteiger partial charge in [0.05, 0.1) is 33.9 Å². The van der Waals surface area contributed by atoms with Crippen molar-refractivity contribution < 1.29 is 9.47 Å². The number of nitrogens with zero attached hydrogens (tertiary/aromatic N) is 3. The summed E-state index contributed by atoms with van der Waals surface area (Å²) in [7, 11) is 1.62. The Morgan fingerprint density at radius 1 is 1.21 bits per heavy atom. The highest BCUT2D eigenvalue weighted by Gasteiger charge is 2.22. The van der Waals surface area contributed by atoms with Crippen LogP contribution in [0.1, 0.15) is 63.3 Å². The van der Waals surface area contributed by atoms with Gasteiger partial charge in [0.15, 0.2) is 11.5 Å². The monoisotopic (exact) mass is 623 g/mol. The molecule has 0 unspecified atom stereocenters. The Balaban J connectivity index is 1.81. The first-order chi connectivity index (χ1) is 15.9. The van der Waals surface area contributed by atoms with Crippen LogP contribution in [0.15, 0.2) is 44.7 Å². The summed E-state index contributed by atoms with van der Waals surface area (Å²) >= 11 is 5.70. The molecule has 6 nitrogen and oxygen atoms in total. The van der Waals surface area contributed by atoms with Crippen LogP contribution < -0.4 is 15.0 Å². The van der Waals surface area contributed by atoms with Crippen LogP contribution in [0.2, 0.25) is 0 Å². The number of rotatable bonds is 6. The van der Waals surface area contributed by atoms with Crippen molar-refractivity contribution >= 4 is 55.6 Å². The molecule has 8 heteroatoms. The van der Waals surface area contributed by atoms with Crippen molar-refractivity contribution in [3.8, 4) is 11.5 Å². The van der Waals surface area contributed by atoms with Crippen LogP contribution in [-0.2, 0) is 0 Å². The SMILES string of the molecule is COc1cc(C=Nn2c(C3CCCCC3)nc3ccc(Br)cc3c2=O)cc(I)c1OC(C)C. The predicted molar refractivity (Wildman–Crippen MR) is 144 cm³/mol. The van der Waals surface area contributed by atoms with Gasteiger partial charge in [-0.15, -0.1) is 0 Å². The summed E-state index contributed by atoms with van der Waals surface area (Å²) in [5, 5.41) is 5.19. The van der Waals surface area contributed by atoms with Gasteiger partial charge in [0.1, 0.15) is 5.82 Å². The van der Waals surface area contributed by atoms with E-state index < -0.39 is 0 Å². The number of halogens is 2. The molecule has 1 aromatic heterocycles. The molecule has 0 atom stereocenters. The molecular formula is C25H27BrIN3O3. The molecule has 3 aromatic rings. The van der Waals surface area contributed by atoms with E-state index in [1.165, 1.54) is 11.1 Å². The lowest BCUT2D eigenvalue weighted by atomic mass is 9.88. The van der Waals surface area contributed by atoms with Gasteiger partial charge in [0.25, 0.3) is 5.56 Å². The molecular weight excluding hydrogens is 597 g/mol. The molecule has 1 aliphatic carbocycles. The maximum atomic E-state index is 13.5. The summed E-state index contributed by atoms with van der Waals surface area (Å²) in [6, 6.07) is 9.47. The zero-order chi connectivity index (χ0) is 23.5. The second-order valence-electron chi connectivity index (χ2n) is 8.53. The van der Waals surface area contributed by atoms with Gasteiger partial charge in [-0.05, 0) is 85.2 Å². The van der Waals surface area contributed by atoms with Gasteiger partial charge >= 0.3 is 0 Å². The molecule has 0 aliphatic heterocycles. The minimum absolute atomic E-state index is 0.0339. The van der Waals surface area contributed by atoms with Crippen molar-refractivity contribution in [3.63, 3.8) is 0 Å². The van der Waals surface area contributed by atoms with Crippen LogP contribution >= 0.6 is 38.5 Å². The first kappa shape index (κ1) is 24.2. The van der Waals surface area contributed by atoms with Gasteiger partial charge < -0.3 is 9.47 Å². The van der Waals surface area contributed by atoms with Crippen molar-refractivity contribution in [2.75, 3.05) is 7.11 Å². The lowest BCUT2D eigenvalue weighted by Crippen LogP contribution is -2.25. The van der Waals surface area contributed by atoms with Crippen LogP contribution in [0.5, 0.6) is 11.5 Å². The molecule has 0 bridgehead atoms. The number of benzene rings is 2. The van der Waals surface area contributed by atoms with Crippen LogP contribution in [0.25, 0.3) is 10.9 Å². The van der Waals surface area contributed by atoms with Gasteiger partial charge in [-0.2, -0.15) is 9.78 Å². The number of hydrogen-bond donors (Lipinski definition) is 0. The molecule has 1 heterocycles. The summed E-state index contributed by atoms with van der Waals surface area (Å²) in [6.45, 7) is 3.96. The highest BCUT2D eigenvalue weighted by Crippen LogP contribution is 2.35. The Labute approximate surface area is 215 Å². The zero-order valence-electron chi connectivity index (χ0n) is 19.0. The van der Waals surface area contributed by atoms with Crippen molar-refractivity contribution in [2.24, 2.45) is 5.10 Å². The molecule has 1 fully saturated rings. The first-order valence-electron chi connectivity index (χ1n) is 11.2. The first-order valence-corrected chi connectivity index (χ1v) is 13.0. The third-order valence-corrected chi connectivity index (χ3v) is 7.03. The number of ether oxygens (including phenoxy) is 2. The summed E-state index contributed by atoms with van der Waals surface area (Å²) in [5.41, 5.74) is 1.38. The van der Waals surface area contributed by atoms with E-state index in [0.29, 0.717) is 22.4 Å². The Kier molecular flexibility index (Phi) is 7.73. The second-order valence-corrected chi connectivity index (χ2v) is 10.6. The third kappa shape index (κ3) is 5.42. The summed E-state index contributed by atoms with van der Waals surface area (Å²) in [5.74, 6) is 2.32. The zero-order valence-corrected chi connectivity index (χ0v) is 22.7. The normalized spacial score (nSPS) is 15.0. The van der Waals surface area contributed by atoms with E-state index in [4.69, 9.17) is 14.5 Å².